The zero-order valence-electron chi connectivity index (χ0n) is 14.2. The molecular weight excluding hydrogens is 354 g/mol. The van der Waals surface area contributed by atoms with E-state index in [0.717, 1.165) is 21.9 Å². The summed E-state index contributed by atoms with van der Waals surface area (Å²) in [6.45, 7) is 1.38. The van der Waals surface area contributed by atoms with Gasteiger partial charge < -0.3 is 14.2 Å². The van der Waals surface area contributed by atoms with E-state index in [9.17, 15) is 4.79 Å². The number of nitrogens with zero attached hydrogens (tertiary/aromatic N) is 3. The average Bonchev–Trinajstić information content (AvgIpc) is 3.30. The van der Waals surface area contributed by atoms with Crippen molar-refractivity contribution < 1.29 is 19.0 Å². The van der Waals surface area contributed by atoms with Gasteiger partial charge >= 0.3 is 5.97 Å². The lowest BCUT2D eigenvalue weighted by atomic mass is 10.2. The Labute approximate surface area is 154 Å². The van der Waals surface area contributed by atoms with Crippen molar-refractivity contribution in [1.82, 2.24) is 14.8 Å². The minimum absolute atomic E-state index is 0.293. The Morgan fingerprint density at radius 1 is 1.31 bits per heavy atom. The van der Waals surface area contributed by atoms with Crippen LogP contribution in [0, 0.1) is 0 Å². The van der Waals surface area contributed by atoms with Gasteiger partial charge in [-0.15, -0.1) is 11.3 Å². The Bertz CT molecular complexity index is 934. The van der Waals surface area contributed by atoms with Crippen LogP contribution in [0.2, 0.25) is 0 Å². The molecule has 1 aliphatic rings. The molecule has 4 rings (SSSR count). The lowest BCUT2D eigenvalue weighted by Crippen LogP contribution is -2.15. The molecule has 0 saturated carbocycles. The Morgan fingerprint density at radius 2 is 2.15 bits per heavy atom. The number of rotatable bonds is 5. The topological polar surface area (TPSA) is 75.5 Å². The first-order chi connectivity index (χ1) is 12.7. The van der Waals surface area contributed by atoms with Crippen LogP contribution in [0.15, 0.2) is 36.0 Å². The number of hydrogen-bond acceptors (Lipinski definition) is 7. The molecule has 3 aromatic rings. The van der Waals surface area contributed by atoms with Crippen molar-refractivity contribution in [3.8, 4) is 22.1 Å². The van der Waals surface area contributed by atoms with Crippen LogP contribution in [-0.4, -0.2) is 40.6 Å². The molecular formula is C18H17N3O4S. The van der Waals surface area contributed by atoms with Crippen LogP contribution in [0.25, 0.3) is 10.6 Å². The zero-order chi connectivity index (χ0) is 17.9. The van der Waals surface area contributed by atoms with E-state index in [1.54, 1.807) is 16.3 Å². The minimum atomic E-state index is -0.422. The second-order valence-corrected chi connectivity index (χ2v) is 6.66. The van der Waals surface area contributed by atoms with E-state index < -0.39 is 5.97 Å². The summed E-state index contributed by atoms with van der Waals surface area (Å²) in [4.78, 5) is 16.6. The molecule has 0 atom stereocenters. The SMILES string of the molecule is Cn1cc(CCOC(=O)c2csc(-c3ccc4c(c3)OCCO4)n2)cn1. The van der Waals surface area contributed by atoms with Gasteiger partial charge in [0.05, 0.1) is 12.8 Å². The molecule has 0 amide bonds. The van der Waals surface area contributed by atoms with Crippen LogP contribution >= 0.6 is 11.3 Å². The lowest BCUT2D eigenvalue weighted by Gasteiger charge is -2.18. The van der Waals surface area contributed by atoms with E-state index in [1.165, 1.54) is 11.3 Å². The number of ether oxygens (including phenoxy) is 3. The number of aromatic nitrogens is 3. The van der Waals surface area contributed by atoms with Crippen molar-refractivity contribution >= 4 is 17.3 Å². The summed E-state index contributed by atoms with van der Waals surface area (Å²) in [7, 11) is 1.85. The second-order valence-electron chi connectivity index (χ2n) is 5.80. The molecule has 134 valence electrons. The second kappa shape index (κ2) is 7.17. The molecule has 0 bridgehead atoms. The summed E-state index contributed by atoms with van der Waals surface area (Å²) in [6, 6.07) is 5.64. The van der Waals surface area contributed by atoms with E-state index in [4.69, 9.17) is 14.2 Å². The maximum absolute atomic E-state index is 12.2. The third-order valence-electron chi connectivity index (χ3n) is 3.88. The molecule has 8 heteroatoms. The fraction of sp³-hybridized carbons (Fsp3) is 0.278. The highest BCUT2D eigenvalue weighted by Gasteiger charge is 2.16. The fourth-order valence-electron chi connectivity index (χ4n) is 2.61. The summed E-state index contributed by atoms with van der Waals surface area (Å²) in [5.41, 5.74) is 2.22. The molecule has 0 N–H and O–H groups in total. The van der Waals surface area contributed by atoms with E-state index in [-0.39, 0.29) is 0 Å². The van der Waals surface area contributed by atoms with Crippen molar-refractivity contribution in [2.75, 3.05) is 19.8 Å². The van der Waals surface area contributed by atoms with Crippen LogP contribution in [0.5, 0.6) is 11.5 Å². The molecule has 2 aromatic heterocycles. The largest absolute Gasteiger partial charge is 0.486 e. The Kier molecular flexibility index (Phi) is 4.57. The smallest absolute Gasteiger partial charge is 0.357 e. The summed E-state index contributed by atoms with van der Waals surface area (Å²) in [6.07, 6.45) is 4.28. The predicted octanol–water partition coefficient (Wildman–Crippen LogP) is 2.71. The quantitative estimate of drug-likeness (QED) is 0.642. The maximum Gasteiger partial charge on any atom is 0.357 e. The van der Waals surface area contributed by atoms with Crippen molar-refractivity contribution in [1.29, 1.82) is 0 Å². The molecule has 7 nitrogen and oxygen atoms in total. The van der Waals surface area contributed by atoms with E-state index in [1.807, 2.05) is 31.4 Å². The summed E-state index contributed by atoms with van der Waals surface area (Å²) in [5.74, 6) is 1.00. The van der Waals surface area contributed by atoms with Crippen molar-refractivity contribution in [3.05, 3.63) is 47.2 Å². The molecule has 1 aromatic carbocycles. The highest BCUT2D eigenvalue weighted by Crippen LogP contribution is 2.35. The lowest BCUT2D eigenvalue weighted by molar-refractivity contribution is 0.0503. The number of thiazole rings is 1. The number of carbonyl (C=O) groups is 1. The van der Waals surface area contributed by atoms with Gasteiger partial charge in [-0.05, 0) is 23.8 Å². The number of fused-ring (bicyclic) bond motifs is 1. The average molecular weight is 371 g/mol. The molecule has 0 unspecified atom stereocenters. The van der Waals surface area contributed by atoms with Gasteiger partial charge in [0.2, 0.25) is 0 Å². The minimum Gasteiger partial charge on any atom is -0.486 e. The van der Waals surface area contributed by atoms with Gasteiger partial charge in [-0.25, -0.2) is 9.78 Å². The first kappa shape index (κ1) is 16.6. The summed E-state index contributed by atoms with van der Waals surface area (Å²) >= 11 is 1.39. The third kappa shape index (κ3) is 3.55. The monoisotopic (exact) mass is 371 g/mol. The molecule has 0 spiro atoms. The van der Waals surface area contributed by atoms with E-state index in [2.05, 4.69) is 10.1 Å². The molecule has 0 saturated heterocycles. The Balaban J connectivity index is 1.40. The van der Waals surface area contributed by atoms with Crippen molar-refractivity contribution in [2.24, 2.45) is 7.05 Å². The molecule has 0 fully saturated rings. The number of aryl methyl sites for hydroxylation is 1. The number of hydrogen-bond donors (Lipinski definition) is 0. The summed E-state index contributed by atoms with van der Waals surface area (Å²) in [5, 5.41) is 6.53. The molecule has 1 aliphatic heterocycles. The van der Waals surface area contributed by atoms with Gasteiger partial charge in [0, 0.05) is 30.6 Å². The summed E-state index contributed by atoms with van der Waals surface area (Å²) < 4.78 is 18.1. The van der Waals surface area contributed by atoms with Gasteiger partial charge in [0.1, 0.15) is 18.2 Å². The van der Waals surface area contributed by atoms with E-state index >= 15 is 0 Å². The number of esters is 1. The first-order valence-corrected chi connectivity index (χ1v) is 9.07. The van der Waals surface area contributed by atoms with Gasteiger partial charge in [-0.3, -0.25) is 4.68 Å². The van der Waals surface area contributed by atoms with Crippen LogP contribution < -0.4 is 9.47 Å². The fourth-order valence-corrected chi connectivity index (χ4v) is 3.40. The first-order valence-electron chi connectivity index (χ1n) is 8.19. The molecule has 26 heavy (non-hydrogen) atoms. The van der Waals surface area contributed by atoms with Crippen molar-refractivity contribution in [3.63, 3.8) is 0 Å². The highest BCUT2D eigenvalue weighted by atomic mass is 32.1. The van der Waals surface area contributed by atoms with Crippen LogP contribution in [0.1, 0.15) is 16.1 Å². The Morgan fingerprint density at radius 3 is 2.96 bits per heavy atom. The maximum atomic E-state index is 12.2. The van der Waals surface area contributed by atoms with Gasteiger partial charge in [-0.2, -0.15) is 5.10 Å². The molecule has 0 aliphatic carbocycles. The van der Waals surface area contributed by atoms with Gasteiger partial charge in [0.25, 0.3) is 0 Å². The van der Waals surface area contributed by atoms with Gasteiger partial charge in [-0.1, -0.05) is 0 Å². The number of benzene rings is 1. The predicted molar refractivity (Wildman–Crippen MR) is 95.7 cm³/mol. The normalized spacial score (nSPS) is 12.8. The van der Waals surface area contributed by atoms with Gasteiger partial charge in [0.15, 0.2) is 17.2 Å². The van der Waals surface area contributed by atoms with Crippen LogP contribution in [0.4, 0.5) is 0 Å². The third-order valence-corrected chi connectivity index (χ3v) is 4.78. The van der Waals surface area contributed by atoms with E-state index in [0.29, 0.717) is 37.7 Å². The standard InChI is InChI=1S/C18H17N3O4S/c1-21-10-12(9-19-21)4-5-25-18(22)14-11-26-17(20-14)13-2-3-15-16(8-13)24-7-6-23-15/h2-3,8-11H,4-7H2,1H3. The highest BCUT2D eigenvalue weighted by molar-refractivity contribution is 7.13. The Hall–Kier alpha value is -2.87. The van der Waals surface area contributed by atoms with Crippen LogP contribution in [0.3, 0.4) is 0 Å². The zero-order valence-corrected chi connectivity index (χ0v) is 15.0. The van der Waals surface area contributed by atoms with Crippen molar-refractivity contribution in [2.45, 2.75) is 6.42 Å². The number of carbonyl (C=O) groups excluding carboxylic acids is 1. The van der Waals surface area contributed by atoms with Crippen LogP contribution in [-0.2, 0) is 18.2 Å². The molecule has 3 heterocycles. The molecule has 0 radical (unpaired) electrons.